The van der Waals surface area contributed by atoms with Crippen molar-refractivity contribution in [2.75, 3.05) is 0 Å². The fraction of sp³-hybridized carbons (Fsp3) is 0.538. The average Bonchev–Trinajstić information content (AvgIpc) is 2.15. The molecular weight excluding hydrogens is 186 g/mol. The number of aliphatic hydroxyl groups excluding tert-OH is 1. The molecular formula is C13H21NO. The zero-order valence-corrected chi connectivity index (χ0v) is 9.99. The van der Waals surface area contributed by atoms with Crippen LogP contribution in [0.1, 0.15) is 50.8 Å². The zero-order valence-electron chi connectivity index (χ0n) is 9.99. The topological polar surface area (TPSA) is 46.2 Å². The molecule has 0 aliphatic rings. The highest BCUT2D eigenvalue weighted by atomic mass is 16.3. The Bertz CT molecular complexity index is 308. The minimum atomic E-state index is -0.612. The molecule has 1 atom stereocenters. The van der Waals surface area contributed by atoms with Crippen molar-refractivity contribution in [2.24, 2.45) is 5.73 Å². The molecule has 0 radical (unpaired) electrons. The fourth-order valence-corrected chi connectivity index (χ4v) is 1.49. The summed E-state index contributed by atoms with van der Waals surface area (Å²) in [5.74, 6) is 0.516. The lowest BCUT2D eigenvalue weighted by molar-refractivity contribution is 0.104. The van der Waals surface area contributed by atoms with Gasteiger partial charge in [0.05, 0.1) is 6.10 Å². The summed E-state index contributed by atoms with van der Waals surface area (Å²) < 4.78 is 0. The molecule has 1 aromatic carbocycles. The molecule has 0 fully saturated rings. The minimum absolute atomic E-state index is 0.516. The van der Waals surface area contributed by atoms with Gasteiger partial charge in [-0.05, 0) is 30.9 Å². The molecule has 0 aromatic heterocycles. The van der Waals surface area contributed by atoms with Crippen LogP contribution >= 0.6 is 0 Å². The van der Waals surface area contributed by atoms with Gasteiger partial charge < -0.3 is 10.8 Å². The maximum atomic E-state index is 9.96. The van der Waals surface area contributed by atoms with Crippen LogP contribution in [0.4, 0.5) is 0 Å². The molecule has 0 aliphatic carbocycles. The van der Waals surface area contributed by atoms with Crippen molar-refractivity contribution in [3.8, 4) is 0 Å². The highest BCUT2D eigenvalue weighted by molar-refractivity contribution is 5.27. The van der Waals surface area contributed by atoms with E-state index < -0.39 is 11.6 Å². The molecule has 0 unspecified atom stereocenters. The molecule has 0 saturated carbocycles. The molecule has 0 spiro atoms. The van der Waals surface area contributed by atoms with E-state index in [2.05, 4.69) is 26.0 Å². The molecule has 3 N–H and O–H groups in total. The van der Waals surface area contributed by atoms with Crippen molar-refractivity contribution in [3.05, 3.63) is 35.4 Å². The van der Waals surface area contributed by atoms with Crippen LogP contribution in [0.5, 0.6) is 0 Å². The standard InChI is InChI=1S/C13H21NO/c1-9(2)10-5-7-11(8-6-10)12(15)13(3,4)14/h5-9,12,15H,14H2,1-4H3/t12-/m1/s1. The molecule has 0 heterocycles. The molecule has 0 bridgehead atoms. The van der Waals surface area contributed by atoms with E-state index in [4.69, 9.17) is 5.73 Å². The number of aliphatic hydroxyl groups is 1. The summed E-state index contributed by atoms with van der Waals surface area (Å²) in [4.78, 5) is 0. The monoisotopic (exact) mass is 207 g/mol. The summed E-state index contributed by atoms with van der Waals surface area (Å²) in [5, 5.41) is 9.96. The predicted octanol–water partition coefficient (Wildman–Crippen LogP) is 2.58. The zero-order chi connectivity index (χ0) is 11.6. The Labute approximate surface area is 92.1 Å². The largest absolute Gasteiger partial charge is 0.387 e. The first kappa shape index (κ1) is 12.2. The molecule has 0 aliphatic heterocycles. The SMILES string of the molecule is CC(C)c1ccc([C@@H](O)C(C)(C)N)cc1. The lowest BCUT2D eigenvalue weighted by Crippen LogP contribution is -2.39. The Morgan fingerprint density at radius 2 is 1.47 bits per heavy atom. The summed E-state index contributed by atoms with van der Waals surface area (Å²) in [6.45, 7) is 7.96. The second-order valence-electron chi connectivity index (χ2n) is 5.05. The van der Waals surface area contributed by atoms with Crippen LogP contribution < -0.4 is 5.73 Å². The van der Waals surface area contributed by atoms with Crippen LogP contribution in [0, 0.1) is 0 Å². The first-order chi connectivity index (χ1) is 6.82. The van der Waals surface area contributed by atoms with Gasteiger partial charge >= 0.3 is 0 Å². The molecule has 2 heteroatoms. The maximum absolute atomic E-state index is 9.96. The quantitative estimate of drug-likeness (QED) is 0.800. The van der Waals surface area contributed by atoms with E-state index in [1.54, 1.807) is 0 Å². The summed E-state index contributed by atoms with van der Waals surface area (Å²) in [7, 11) is 0. The van der Waals surface area contributed by atoms with Gasteiger partial charge in [0.2, 0.25) is 0 Å². The fourth-order valence-electron chi connectivity index (χ4n) is 1.49. The van der Waals surface area contributed by atoms with E-state index in [0.29, 0.717) is 5.92 Å². The van der Waals surface area contributed by atoms with E-state index >= 15 is 0 Å². The van der Waals surface area contributed by atoms with Gasteiger partial charge in [-0.1, -0.05) is 38.1 Å². The van der Waals surface area contributed by atoms with E-state index in [0.717, 1.165) is 5.56 Å². The number of nitrogens with two attached hydrogens (primary N) is 1. The molecule has 84 valence electrons. The molecule has 1 aromatic rings. The van der Waals surface area contributed by atoms with Crippen molar-refractivity contribution in [3.63, 3.8) is 0 Å². The predicted molar refractivity (Wildman–Crippen MR) is 63.8 cm³/mol. The smallest absolute Gasteiger partial charge is 0.0963 e. The Kier molecular flexibility index (Phi) is 3.53. The third kappa shape index (κ3) is 3.05. The second kappa shape index (κ2) is 4.33. The molecule has 15 heavy (non-hydrogen) atoms. The van der Waals surface area contributed by atoms with Crippen molar-refractivity contribution < 1.29 is 5.11 Å². The summed E-state index contributed by atoms with van der Waals surface area (Å²) >= 11 is 0. The summed E-state index contributed by atoms with van der Waals surface area (Å²) in [6, 6.07) is 8.01. The van der Waals surface area contributed by atoms with Crippen LogP contribution in [0.2, 0.25) is 0 Å². The van der Waals surface area contributed by atoms with Crippen molar-refractivity contribution in [1.82, 2.24) is 0 Å². The number of rotatable bonds is 3. The molecule has 1 rings (SSSR count). The first-order valence-corrected chi connectivity index (χ1v) is 5.39. The van der Waals surface area contributed by atoms with Crippen LogP contribution in [-0.4, -0.2) is 10.6 Å². The van der Waals surface area contributed by atoms with Crippen molar-refractivity contribution in [1.29, 1.82) is 0 Å². The number of hydrogen-bond acceptors (Lipinski definition) is 2. The van der Waals surface area contributed by atoms with E-state index in [-0.39, 0.29) is 0 Å². The number of hydrogen-bond donors (Lipinski definition) is 2. The summed E-state index contributed by atoms with van der Waals surface area (Å²) in [6.07, 6.45) is -0.612. The minimum Gasteiger partial charge on any atom is -0.387 e. The van der Waals surface area contributed by atoms with E-state index in [1.165, 1.54) is 5.56 Å². The van der Waals surface area contributed by atoms with Crippen LogP contribution in [0.25, 0.3) is 0 Å². The van der Waals surface area contributed by atoms with Gasteiger partial charge in [0.15, 0.2) is 0 Å². The van der Waals surface area contributed by atoms with Crippen LogP contribution in [-0.2, 0) is 0 Å². The van der Waals surface area contributed by atoms with Crippen LogP contribution in [0.15, 0.2) is 24.3 Å². The molecule has 0 amide bonds. The van der Waals surface area contributed by atoms with Gasteiger partial charge in [-0.3, -0.25) is 0 Å². The third-order valence-electron chi connectivity index (χ3n) is 2.62. The van der Waals surface area contributed by atoms with Gasteiger partial charge in [0.1, 0.15) is 0 Å². The van der Waals surface area contributed by atoms with Crippen molar-refractivity contribution >= 4 is 0 Å². The van der Waals surface area contributed by atoms with Gasteiger partial charge in [0, 0.05) is 5.54 Å². The Balaban J connectivity index is 2.89. The first-order valence-electron chi connectivity index (χ1n) is 5.39. The van der Waals surface area contributed by atoms with Crippen LogP contribution in [0.3, 0.4) is 0 Å². The van der Waals surface area contributed by atoms with Crippen molar-refractivity contribution in [2.45, 2.75) is 45.3 Å². The summed E-state index contributed by atoms with van der Waals surface area (Å²) in [5.41, 5.74) is 7.42. The average molecular weight is 207 g/mol. The Morgan fingerprint density at radius 1 is 1.07 bits per heavy atom. The second-order valence-corrected chi connectivity index (χ2v) is 5.05. The highest BCUT2D eigenvalue weighted by Crippen LogP contribution is 2.24. The van der Waals surface area contributed by atoms with Gasteiger partial charge in [-0.2, -0.15) is 0 Å². The number of benzene rings is 1. The lowest BCUT2D eigenvalue weighted by Gasteiger charge is -2.26. The Hall–Kier alpha value is -0.860. The molecule has 0 saturated heterocycles. The third-order valence-corrected chi connectivity index (χ3v) is 2.62. The van der Waals surface area contributed by atoms with Gasteiger partial charge in [-0.15, -0.1) is 0 Å². The lowest BCUT2D eigenvalue weighted by atomic mass is 9.91. The van der Waals surface area contributed by atoms with Gasteiger partial charge in [-0.25, -0.2) is 0 Å². The van der Waals surface area contributed by atoms with E-state index in [1.807, 2.05) is 26.0 Å². The maximum Gasteiger partial charge on any atom is 0.0963 e. The molecule has 2 nitrogen and oxygen atoms in total. The highest BCUT2D eigenvalue weighted by Gasteiger charge is 2.24. The Morgan fingerprint density at radius 3 is 1.80 bits per heavy atom. The van der Waals surface area contributed by atoms with E-state index in [9.17, 15) is 5.11 Å². The normalized spacial score (nSPS) is 14.3. The van der Waals surface area contributed by atoms with Gasteiger partial charge in [0.25, 0.3) is 0 Å².